The maximum Gasteiger partial charge on any atom is 0.251 e. The summed E-state index contributed by atoms with van der Waals surface area (Å²) in [6, 6.07) is 22.8. The molecule has 0 aromatic heterocycles. The Kier molecular flexibility index (Phi) is 7.21. The minimum atomic E-state index is -0.377. The Hall–Kier alpha value is -3.09. The van der Waals surface area contributed by atoms with Crippen molar-refractivity contribution in [1.29, 1.82) is 0 Å². The van der Waals surface area contributed by atoms with Gasteiger partial charge in [0.25, 0.3) is 5.91 Å². The van der Waals surface area contributed by atoms with Crippen LogP contribution in [0.5, 0.6) is 0 Å². The highest BCUT2D eigenvalue weighted by atomic mass is 19.1. The molecule has 0 saturated carbocycles. The number of hydrogen-bond acceptors (Lipinski definition) is 3. The highest BCUT2D eigenvalue weighted by Crippen LogP contribution is 2.39. The van der Waals surface area contributed by atoms with Crippen LogP contribution < -0.4 is 5.32 Å². The fourth-order valence-electron chi connectivity index (χ4n) is 5.51. The predicted octanol–water partition coefficient (Wildman–Crippen LogP) is 5.50. The van der Waals surface area contributed by atoms with Gasteiger partial charge >= 0.3 is 0 Å². The van der Waals surface area contributed by atoms with Crippen LogP contribution in [0.1, 0.15) is 53.3 Å². The standard InChI is InChI=1S/C29H30F2N2O2/c30-23-10-6-20(7-11-23)28(21-8-12-24(31)13-9-21)35-27-18-25-14-15-26(19-27)33(25)17-16-32-29(34)22-4-2-1-3-5-22/h1-13,25-28H,14-19H2,(H,32,34). The molecule has 2 fully saturated rings. The molecule has 2 bridgehead atoms. The molecule has 2 aliphatic heterocycles. The van der Waals surface area contributed by atoms with Crippen molar-refractivity contribution >= 4 is 5.91 Å². The molecule has 4 nitrogen and oxygen atoms in total. The molecule has 0 aliphatic carbocycles. The molecule has 0 spiro atoms. The van der Waals surface area contributed by atoms with Crippen LogP contribution in [0.4, 0.5) is 8.78 Å². The van der Waals surface area contributed by atoms with Gasteiger partial charge in [-0.1, -0.05) is 42.5 Å². The van der Waals surface area contributed by atoms with Gasteiger partial charge in [0.05, 0.1) is 6.10 Å². The highest BCUT2D eigenvalue weighted by molar-refractivity contribution is 5.94. The van der Waals surface area contributed by atoms with E-state index in [0.717, 1.165) is 43.4 Å². The Bertz CT molecular complexity index is 1060. The lowest BCUT2D eigenvalue weighted by atomic mass is 9.97. The summed E-state index contributed by atoms with van der Waals surface area (Å²) in [5.41, 5.74) is 2.39. The Morgan fingerprint density at radius 2 is 1.40 bits per heavy atom. The number of piperidine rings is 1. The molecule has 3 aromatic rings. The second kappa shape index (κ2) is 10.7. The smallest absolute Gasteiger partial charge is 0.251 e. The molecule has 182 valence electrons. The maximum absolute atomic E-state index is 13.5. The van der Waals surface area contributed by atoms with Crippen LogP contribution in [0.25, 0.3) is 0 Å². The molecule has 3 aromatic carbocycles. The summed E-state index contributed by atoms with van der Waals surface area (Å²) in [4.78, 5) is 14.9. The van der Waals surface area contributed by atoms with Crippen molar-refractivity contribution < 1.29 is 18.3 Å². The molecule has 1 N–H and O–H groups in total. The average molecular weight is 477 g/mol. The summed E-state index contributed by atoms with van der Waals surface area (Å²) in [6.07, 6.45) is 3.73. The molecule has 2 atom stereocenters. The van der Waals surface area contributed by atoms with Crippen molar-refractivity contribution in [2.45, 2.75) is 50.0 Å². The monoisotopic (exact) mass is 476 g/mol. The normalized spacial score (nSPS) is 21.9. The summed E-state index contributed by atoms with van der Waals surface area (Å²) >= 11 is 0. The zero-order valence-corrected chi connectivity index (χ0v) is 19.6. The molecular formula is C29H30F2N2O2. The number of benzene rings is 3. The van der Waals surface area contributed by atoms with Crippen LogP contribution in [-0.4, -0.2) is 42.1 Å². The van der Waals surface area contributed by atoms with Crippen molar-refractivity contribution in [1.82, 2.24) is 10.2 Å². The third kappa shape index (κ3) is 5.60. The molecule has 35 heavy (non-hydrogen) atoms. The Labute approximate surface area is 204 Å². The number of nitrogens with zero attached hydrogens (tertiary/aromatic N) is 1. The van der Waals surface area contributed by atoms with E-state index >= 15 is 0 Å². The first-order chi connectivity index (χ1) is 17.1. The van der Waals surface area contributed by atoms with E-state index < -0.39 is 0 Å². The van der Waals surface area contributed by atoms with Gasteiger partial charge in [0.1, 0.15) is 17.7 Å². The lowest BCUT2D eigenvalue weighted by Crippen LogP contribution is -2.48. The lowest BCUT2D eigenvalue weighted by molar-refractivity contribution is -0.0478. The van der Waals surface area contributed by atoms with E-state index in [0.29, 0.717) is 24.2 Å². The molecule has 2 unspecified atom stereocenters. The molecule has 2 heterocycles. The number of fused-ring (bicyclic) bond motifs is 2. The minimum Gasteiger partial charge on any atom is -0.365 e. The summed E-state index contributed by atoms with van der Waals surface area (Å²) in [5.74, 6) is -0.632. The SMILES string of the molecule is O=C(NCCN1C2CCC1CC(OC(c1ccc(F)cc1)c1ccc(F)cc1)C2)c1ccccc1. The lowest BCUT2D eigenvalue weighted by Gasteiger charge is -2.40. The molecule has 5 rings (SSSR count). The van der Waals surface area contributed by atoms with Crippen LogP contribution in [0.3, 0.4) is 0 Å². The molecule has 1 amide bonds. The van der Waals surface area contributed by atoms with Gasteiger partial charge in [-0.3, -0.25) is 9.69 Å². The first-order valence-electron chi connectivity index (χ1n) is 12.3. The Balaban J connectivity index is 1.21. The Morgan fingerprint density at radius 3 is 1.94 bits per heavy atom. The van der Waals surface area contributed by atoms with Gasteiger partial charge in [-0.2, -0.15) is 0 Å². The molecule has 2 saturated heterocycles. The van der Waals surface area contributed by atoms with Gasteiger partial charge < -0.3 is 10.1 Å². The number of ether oxygens (including phenoxy) is 1. The van der Waals surface area contributed by atoms with E-state index in [1.54, 1.807) is 24.3 Å². The van der Waals surface area contributed by atoms with Gasteiger partial charge in [-0.05, 0) is 73.2 Å². The van der Waals surface area contributed by atoms with Gasteiger partial charge in [-0.25, -0.2) is 8.78 Å². The number of carbonyl (C=O) groups is 1. The van der Waals surface area contributed by atoms with E-state index in [9.17, 15) is 13.6 Å². The molecule has 6 heteroatoms. The highest BCUT2D eigenvalue weighted by Gasteiger charge is 2.41. The number of amides is 1. The van der Waals surface area contributed by atoms with Gasteiger partial charge in [0.2, 0.25) is 0 Å². The van der Waals surface area contributed by atoms with Crippen molar-refractivity contribution in [2.75, 3.05) is 13.1 Å². The largest absolute Gasteiger partial charge is 0.365 e. The second-order valence-corrected chi connectivity index (χ2v) is 9.46. The van der Waals surface area contributed by atoms with Crippen molar-refractivity contribution in [2.24, 2.45) is 0 Å². The zero-order valence-electron chi connectivity index (χ0n) is 19.6. The molecular weight excluding hydrogens is 446 g/mol. The van der Waals surface area contributed by atoms with Crippen molar-refractivity contribution in [3.63, 3.8) is 0 Å². The summed E-state index contributed by atoms with van der Waals surface area (Å²) < 4.78 is 33.7. The maximum atomic E-state index is 13.5. The number of halogens is 2. The van der Waals surface area contributed by atoms with Crippen LogP contribution in [0.2, 0.25) is 0 Å². The summed E-state index contributed by atoms with van der Waals surface area (Å²) in [5, 5.41) is 3.04. The van der Waals surface area contributed by atoms with Gasteiger partial charge in [0, 0.05) is 30.7 Å². The number of nitrogens with one attached hydrogen (secondary N) is 1. The van der Waals surface area contributed by atoms with E-state index in [1.807, 2.05) is 30.3 Å². The van der Waals surface area contributed by atoms with Crippen molar-refractivity contribution in [3.05, 3.63) is 107 Å². The average Bonchev–Trinajstić information content (AvgIpc) is 3.11. The summed E-state index contributed by atoms with van der Waals surface area (Å²) in [6.45, 7) is 1.43. The quantitative estimate of drug-likeness (QED) is 0.467. The van der Waals surface area contributed by atoms with E-state index in [4.69, 9.17) is 4.74 Å². The van der Waals surface area contributed by atoms with Gasteiger partial charge in [0.15, 0.2) is 0 Å². The first kappa shape index (κ1) is 23.6. The van der Waals surface area contributed by atoms with Crippen LogP contribution in [0, 0.1) is 11.6 Å². The fourth-order valence-corrected chi connectivity index (χ4v) is 5.51. The number of rotatable bonds is 8. The van der Waals surface area contributed by atoms with Crippen LogP contribution >= 0.6 is 0 Å². The van der Waals surface area contributed by atoms with E-state index in [1.165, 1.54) is 24.3 Å². The van der Waals surface area contributed by atoms with Crippen LogP contribution in [0.15, 0.2) is 78.9 Å². The minimum absolute atomic E-state index is 0.0439. The van der Waals surface area contributed by atoms with E-state index in [2.05, 4.69) is 10.2 Å². The fraction of sp³-hybridized carbons (Fsp3) is 0.345. The third-order valence-electron chi connectivity index (χ3n) is 7.21. The zero-order chi connectivity index (χ0) is 24.2. The predicted molar refractivity (Wildman–Crippen MR) is 131 cm³/mol. The second-order valence-electron chi connectivity index (χ2n) is 9.46. The topological polar surface area (TPSA) is 41.6 Å². The number of hydrogen-bond donors (Lipinski definition) is 1. The van der Waals surface area contributed by atoms with Crippen LogP contribution in [-0.2, 0) is 4.74 Å². The third-order valence-corrected chi connectivity index (χ3v) is 7.21. The summed E-state index contributed by atoms with van der Waals surface area (Å²) in [7, 11) is 0. The van der Waals surface area contributed by atoms with Gasteiger partial charge in [-0.15, -0.1) is 0 Å². The number of carbonyl (C=O) groups excluding carboxylic acids is 1. The molecule has 0 radical (unpaired) electrons. The Morgan fingerprint density at radius 1 is 0.857 bits per heavy atom. The van der Waals surface area contributed by atoms with E-state index in [-0.39, 0.29) is 29.7 Å². The van der Waals surface area contributed by atoms with Crippen molar-refractivity contribution in [3.8, 4) is 0 Å². The molecule has 2 aliphatic rings. The first-order valence-corrected chi connectivity index (χ1v) is 12.3.